The number of fused-ring (bicyclic) bond motifs is 1. The number of nitrogens with zero attached hydrogens (tertiary/aromatic N) is 1. The molecule has 0 amide bonds. The van der Waals surface area contributed by atoms with Gasteiger partial charge in [0.1, 0.15) is 0 Å². The molecule has 1 fully saturated rings. The third-order valence-corrected chi connectivity index (χ3v) is 4.30. The molecule has 2 heterocycles. The SMILES string of the molecule is CCNC(c1ccc2c(c1)oc(=O)n2C)C1COC(C)C1. The van der Waals surface area contributed by atoms with Crippen LogP contribution < -0.4 is 11.1 Å². The molecule has 0 saturated carbocycles. The molecule has 0 aliphatic carbocycles. The number of hydrogen-bond acceptors (Lipinski definition) is 4. The molecule has 3 rings (SSSR count). The molecule has 0 spiro atoms. The van der Waals surface area contributed by atoms with Crippen molar-refractivity contribution < 1.29 is 9.15 Å². The first kappa shape index (κ1) is 14.4. The van der Waals surface area contributed by atoms with E-state index < -0.39 is 0 Å². The summed E-state index contributed by atoms with van der Waals surface area (Å²) >= 11 is 0. The molecule has 3 unspecified atom stereocenters. The largest absolute Gasteiger partial charge is 0.419 e. The third-order valence-electron chi connectivity index (χ3n) is 4.30. The number of aromatic nitrogens is 1. The molecule has 21 heavy (non-hydrogen) atoms. The molecule has 1 aliphatic heterocycles. The number of rotatable bonds is 4. The van der Waals surface area contributed by atoms with Crippen molar-refractivity contribution in [1.82, 2.24) is 9.88 Å². The zero-order valence-corrected chi connectivity index (χ0v) is 12.8. The first-order valence-electron chi connectivity index (χ1n) is 7.54. The van der Waals surface area contributed by atoms with Gasteiger partial charge in [0.15, 0.2) is 5.58 Å². The minimum Gasteiger partial charge on any atom is -0.408 e. The fraction of sp³-hybridized carbons (Fsp3) is 0.562. The Kier molecular flexibility index (Phi) is 3.87. The molecule has 3 atom stereocenters. The van der Waals surface area contributed by atoms with Gasteiger partial charge in [-0.2, -0.15) is 0 Å². The lowest BCUT2D eigenvalue weighted by Crippen LogP contribution is -2.28. The number of hydrogen-bond donors (Lipinski definition) is 1. The molecule has 114 valence electrons. The monoisotopic (exact) mass is 290 g/mol. The van der Waals surface area contributed by atoms with Gasteiger partial charge in [-0.1, -0.05) is 13.0 Å². The molecule has 1 N–H and O–H groups in total. The van der Waals surface area contributed by atoms with Crippen LogP contribution in [0.15, 0.2) is 27.4 Å². The van der Waals surface area contributed by atoms with Crippen LogP contribution in [0.25, 0.3) is 11.1 Å². The molecule has 1 saturated heterocycles. The summed E-state index contributed by atoms with van der Waals surface area (Å²) in [5.74, 6) is 0.132. The van der Waals surface area contributed by atoms with Gasteiger partial charge in [0.05, 0.1) is 18.2 Å². The van der Waals surface area contributed by atoms with E-state index in [4.69, 9.17) is 9.15 Å². The zero-order chi connectivity index (χ0) is 15.0. The van der Waals surface area contributed by atoms with Gasteiger partial charge in [-0.15, -0.1) is 0 Å². The van der Waals surface area contributed by atoms with Crippen LogP contribution in [-0.2, 0) is 11.8 Å². The summed E-state index contributed by atoms with van der Waals surface area (Å²) in [6.07, 6.45) is 1.36. The van der Waals surface area contributed by atoms with Crippen molar-refractivity contribution in [2.24, 2.45) is 13.0 Å². The van der Waals surface area contributed by atoms with Crippen molar-refractivity contribution in [3.63, 3.8) is 0 Å². The summed E-state index contributed by atoms with van der Waals surface area (Å²) in [5, 5.41) is 3.54. The molecule has 1 aliphatic rings. The maximum Gasteiger partial charge on any atom is 0.419 e. The van der Waals surface area contributed by atoms with E-state index in [9.17, 15) is 4.79 Å². The highest BCUT2D eigenvalue weighted by Crippen LogP contribution is 2.32. The summed E-state index contributed by atoms with van der Waals surface area (Å²) in [6, 6.07) is 6.25. The molecule has 1 aromatic carbocycles. The highest BCUT2D eigenvalue weighted by molar-refractivity contribution is 5.73. The molecule has 0 bridgehead atoms. The maximum absolute atomic E-state index is 11.6. The van der Waals surface area contributed by atoms with Crippen LogP contribution in [0.4, 0.5) is 0 Å². The minimum absolute atomic E-state index is 0.231. The van der Waals surface area contributed by atoms with Crippen molar-refractivity contribution >= 4 is 11.1 Å². The second kappa shape index (κ2) is 5.66. The minimum atomic E-state index is -0.319. The summed E-state index contributed by atoms with van der Waals surface area (Å²) in [7, 11) is 1.72. The Bertz CT molecular complexity index is 688. The predicted molar refractivity (Wildman–Crippen MR) is 81.4 cm³/mol. The third kappa shape index (κ3) is 2.63. The van der Waals surface area contributed by atoms with Gasteiger partial charge in [-0.05, 0) is 37.6 Å². The average Bonchev–Trinajstić information content (AvgIpc) is 3.01. The van der Waals surface area contributed by atoms with Gasteiger partial charge >= 0.3 is 5.76 Å². The van der Waals surface area contributed by atoms with Crippen LogP contribution in [0.1, 0.15) is 31.9 Å². The Morgan fingerprint density at radius 2 is 2.29 bits per heavy atom. The lowest BCUT2D eigenvalue weighted by molar-refractivity contribution is 0.117. The Balaban J connectivity index is 1.97. The van der Waals surface area contributed by atoms with E-state index in [-0.39, 0.29) is 11.8 Å². The van der Waals surface area contributed by atoms with Gasteiger partial charge in [0.25, 0.3) is 0 Å². The van der Waals surface area contributed by atoms with Gasteiger partial charge in [-0.25, -0.2) is 4.79 Å². The van der Waals surface area contributed by atoms with Crippen LogP contribution in [0, 0.1) is 5.92 Å². The lowest BCUT2D eigenvalue weighted by Gasteiger charge is -2.23. The fourth-order valence-corrected chi connectivity index (χ4v) is 3.20. The van der Waals surface area contributed by atoms with Gasteiger partial charge in [0, 0.05) is 19.0 Å². The van der Waals surface area contributed by atoms with Gasteiger partial charge in [0.2, 0.25) is 0 Å². The van der Waals surface area contributed by atoms with Crippen molar-refractivity contribution in [2.75, 3.05) is 13.2 Å². The summed E-state index contributed by atoms with van der Waals surface area (Å²) in [4.78, 5) is 11.6. The molecule has 5 heteroatoms. The molecule has 1 aromatic heterocycles. The molecule has 5 nitrogen and oxygen atoms in total. The Hall–Kier alpha value is -1.59. The topological polar surface area (TPSA) is 56.4 Å². The van der Waals surface area contributed by atoms with E-state index in [1.165, 1.54) is 4.57 Å². The fourth-order valence-electron chi connectivity index (χ4n) is 3.20. The van der Waals surface area contributed by atoms with Gasteiger partial charge < -0.3 is 14.5 Å². The van der Waals surface area contributed by atoms with E-state index >= 15 is 0 Å². The Labute approximate surface area is 123 Å². The number of nitrogens with one attached hydrogen (secondary N) is 1. The average molecular weight is 290 g/mol. The Morgan fingerprint density at radius 3 is 2.95 bits per heavy atom. The second-order valence-corrected chi connectivity index (χ2v) is 5.83. The number of benzene rings is 1. The predicted octanol–water partition coefficient (Wildman–Crippen LogP) is 2.21. The Morgan fingerprint density at radius 1 is 1.48 bits per heavy atom. The van der Waals surface area contributed by atoms with E-state index in [1.54, 1.807) is 7.05 Å². The molecule has 0 radical (unpaired) electrons. The number of ether oxygens (including phenoxy) is 1. The summed E-state index contributed by atoms with van der Waals surface area (Å²) < 4.78 is 12.5. The first-order chi connectivity index (χ1) is 10.1. The number of aryl methyl sites for hydroxylation is 1. The zero-order valence-electron chi connectivity index (χ0n) is 12.8. The van der Waals surface area contributed by atoms with Gasteiger partial charge in [-0.3, -0.25) is 4.57 Å². The van der Waals surface area contributed by atoms with Crippen LogP contribution in [-0.4, -0.2) is 23.8 Å². The second-order valence-electron chi connectivity index (χ2n) is 5.83. The van der Waals surface area contributed by atoms with E-state index in [1.807, 2.05) is 12.1 Å². The quantitative estimate of drug-likeness (QED) is 0.938. The molecular formula is C16H22N2O3. The lowest BCUT2D eigenvalue weighted by atomic mass is 9.91. The van der Waals surface area contributed by atoms with Crippen molar-refractivity contribution in [3.8, 4) is 0 Å². The van der Waals surface area contributed by atoms with Crippen molar-refractivity contribution in [2.45, 2.75) is 32.4 Å². The van der Waals surface area contributed by atoms with E-state index in [0.717, 1.165) is 30.7 Å². The number of oxazole rings is 1. The standard InChI is InChI=1S/C16H22N2O3/c1-4-17-15(12-7-10(2)20-9-12)11-5-6-13-14(8-11)21-16(19)18(13)3/h5-6,8,10,12,15,17H,4,7,9H2,1-3H3. The van der Waals surface area contributed by atoms with Crippen molar-refractivity contribution in [3.05, 3.63) is 34.3 Å². The first-order valence-corrected chi connectivity index (χ1v) is 7.54. The van der Waals surface area contributed by atoms with Crippen LogP contribution in [0.3, 0.4) is 0 Å². The highest BCUT2D eigenvalue weighted by atomic mass is 16.5. The normalized spacial score (nSPS) is 23.8. The van der Waals surface area contributed by atoms with Crippen molar-refractivity contribution in [1.29, 1.82) is 0 Å². The highest BCUT2D eigenvalue weighted by Gasteiger charge is 2.30. The van der Waals surface area contributed by atoms with E-state index in [2.05, 4.69) is 25.2 Å². The molecular weight excluding hydrogens is 268 g/mol. The van der Waals surface area contributed by atoms with Crippen LogP contribution in [0.2, 0.25) is 0 Å². The summed E-state index contributed by atoms with van der Waals surface area (Å²) in [6.45, 7) is 5.89. The maximum atomic E-state index is 11.6. The van der Waals surface area contributed by atoms with E-state index in [0.29, 0.717) is 17.6 Å². The summed E-state index contributed by atoms with van der Waals surface area (Å²) in [5.41, 5.74) is 2.63. The molecule has 2 aromatic rings. The van der Waals surface area contributed by atoms with Crippen LogP contribution >= 0.6 is 0 Å². The smallest absolute Gasteiger partial charge is 0.408 e. The van der Waals surface area contributed by atoms with Crippen LogP contribution in [0.5, 0.6) is 0 Å².